The average Bonchev–Trinajstić information content (AvgIpc) is 3.68. The fourth-order valence-corrected chi connectivity index (χ4v) is 8.47. The third-order valence-corrected chi connectivity index (χ3v) is 10.3. The number of thiazole rings is 1. The summed E-state index contributed by atoms with van der Waals surface area (Å²) in [5, 5.41) is 3.97. The van der Waals surface area contributed by atoms with E-state index in [4.69, 9.17) is 9.97 Å². The number of benzene rings is 6. The molecule has 10 aromatic rings. The van der Waals surface area contributed by atoms with Crippen LogP contribution in [0.4, 0.5) is 0 Å². The number of para-hydroxylation sites is 3. The van der Waals surface area contributed by atoms with Crippen LogP contribution in [-0.2, 0) is 0 Å². The van der Waals surface area contributed by atoms with E-state index in [-0.39, 0.29) is 5.43 Å². The number of aromatic nitrogens is 4. The van der Waals surface area contributed by atoms with Gasteiger partial charge in [-0.3, -0.25) is 13.8 Å². The summed E-state index contributed by atoms with van der Waals surface area (Å²) in [5.41, 5.74) is 8.57. The Kier molecular flexibility index (Phi) is 5.53. The second-order valence-corrected chi connectivity index (χ2v) is 12.7. The summed E-state index contributed by atoms with van der Waals surface area (Å²) in [5.74, 6) is 0.624. The fourth-order valence-electron chi connectivity index (χ4n) is 7.10. The molecule has 4 aromatic heterocycles. The van der Waals surface area contributed by atoms with Crippen molar-refractivity contribution in [3.63, 3.8) is 0 Å². The molecule has 0 unspecified atom stereocenters. The lowest BCUT2D eigenvalue weighted by Gasteiger charge is -2.11. The van der Waals surface area contributed by atoms with Crippen molar-refractivity contribution in [2.75, 3.05) is 0 Å². The predicted molar refractivity (Wildman–Crippen MR) is 195 cm³/mol. The summed E-state index contributed by atoms with van der Waals surface area (Å²) in [7, 11) is 0. The van der Waals surface area contributed by atoms with Crippen molar-refractivity contribution < 1.29 is 0 Å². The first kappa shape index (κ1) is 26.1. The number of nitrogens with zero attached hydrogens (tertiary/aromatic N) is 4. The van der Waals surface area contributed by atoms with Crippen molar-refractivity contribution in [1.82, 2.24) is 18.9 Å². The fraction of sp³-hybridized carbons (Fsp3) is 0. The third kappa shape index (κ3) is 3.73. The van der Waals surface area contributed by atoms with Crippen LogP contribution in [0.1, 0.15) is 0 Å². The van der Waals surface area contributed by atoms with E-state index in [1.165, 1.54) is 0 Å². The quantitative estimate of drug-likeness (QED) is 0.198. The third-order valence-electron chi connectivity index (χ3n) is 9.14. The molecule has 0 amide bonds. The van der Waals surface area contributed by atoms with Gasteiger partial charge in [0.05, 0.1) is 43.5 Å². The second-order valence-electron chi connectivity index (χ2n) is 11.7. The van der Waals surface area contributed by atoms with Crippen molar-refractivity contribution in [2.45, 2.75) is 0 Å². The number of hydrogen-bond donors (Lipinski definition) is 0. The molecule has 6 heteroatoms. The van der Waals surface area contributed by atoms with Gasteiger partial charge in [0.15, 0.2) is 5.43 Å². The van der Waals surface area contributed by atoms with Crippen LogP contribution in [0.25, 0.3) is 87.0 Å². The van der Waals surface area contributed by atoms with Crippen LogP contribution in [-0.4, -0.2) is 18.9 Å². The van der Waals surface area contributed by atoms with Crippen molar-refractivity contribution >= 4 is 70.0 Å². The molecule has 0 aliphatic heterocycles. The molecule has 0 saturated carbocycles. The van der Waals surface area contributed by atoms with Crippen LogP contribution in [0, 0.1) is 0 Å². The standard InChI is InChI=1S/C41H24N4OS/c46-38-29-19-9-12-22-32(29)44-34-24-23-33-36(39(34)47-40(44)35(38)25-13-3-1-4-14-25)28-18-8-11-21-31(28)45(33)41-42-30-20-10-7-17-27(30)37(43-41)26-15-5-2-6-16-26/h1-24H. The van der Waals surface area contributed by atoms with E-state index in [9.17, 15) is 4.79 Å². The van der Waals surface area contributed by atoms with E-state index in [0.717, 1.165) is 75.7 Å². The molecule has 0 fully saturated rings. The van der Waals surface area contributed by atoms with Gasteiger partial charge in [-0.25, -0.2) is 9.97 Å². The molecule has 0 atom stereocenters. The largest absolute Gasteiger partial charge is 0.299 e. The smallest absolute Gasteiger partial charge is 0.235 e. The summed E-state index contributed by atoms with van der Waals surface area (Å²) in [6.45, 7) is 0. The number of fused-ring (bicyclic) bond motifs is 10. The Bertz CT molecular complexity index is 2920. The monoisotopic (exact) mass is 620 g/mol. The van der Waals surface area contributed by atoms with E-state index in [2.05, 4.69) is 69.6 Å². The molecule has 0 radical (unpaired) electrons. The lowest BCUT2D eigenvalue weighted by atomic mass is 10.0. The van der Waals surface area contributed by atoms with Gasteiger partial charge in [0.1, 0.15) is 4.83 Å². The van der Waals surface area contributed by atoms with Gasteiger partial charge >= 0.3 is 0 Å². The maximum Gasteiger partial charge on any atom is 0.235 e. The Hall–Kier alpha value is -6.11. The molecule has 220 valence electrons. The topological polar surface area (TPSA) is 52.2 Å². The van der Waals surface area contributed by atoms with Crippen molar-refractivity contribution in [3.05, 3.63) is 156 Å². The summed E-state index contributed by atoms with van der Waals surface area (Å²) >= 11 is 1.68. The van der Waals surface area contributed by atoms with Gasteiger partial charge in [-0.15, -0.1) is 11.3 Å². The zero-order valence-corrected chi connectivity index (χ0v) is 25.8. The van der Waals surface area contributed by atoms with Crippen LogP contribution < -0.4 is 5.43 Å². The van der Waals surface area contributed by atoms with E-state index < -0.39 is 0 Å². The maximum absolute atomic E-state index is 14.1. The molecule has 4 heterocycles. The normalized spacial score (nSPS) is 11.9. The second kappa shape index (κ2) is 9.94. The highest BCUT2D eigenvalue weighted by Crippen LogP contribution is 2.43. The summed E-state index contributed by atoms with van der Waals surface area (Å²) in [4.78, 5) is 25.4. The number of rotatable bonds is 3. The zero-order valence-electron chi connectivity index (χ0n) is 25.0. The molecule has 0 N–H and O–H groups in total. The van der Waals surface area contributed by atoms with Gasteiger partial charge in [0, 0.05) is 27.1 Å². The minimum absolute atomic E-state index is 0.0510. The SMILES string of the molecule is O=c1c(-c2ccccc2)c2sc3c4c5ccccc5n(-c5nc(-c6ccccc6)c6ccccc6n5)c4ccc3n2c2ccccc12. The first-order valence-electron chi connectivity index (χ1n) is 15.6. The van der Waals surface area contributed by atoms with Gasteiger partial charge in [0.25, 0.3) is 0 Å². The molecule has 0 bridgehead atoms. The highest BCUT2D eigenvalue weighted by Gasteiger charge is 2.23. The Morgan fingerprint density at radius 3 is 1.91 bits per heavy atom. The van der Waals surface area contributed by atoms with Crippen LogP contribution in [0.3, 0.4) is 0 Å². The van der Waals surface area contributed by atoms with Crippen molar-refractivity contribution in [2.24, 2.45) is 0 Å². The molecule has 47 heavy (non-hydrogen) atoms. The Morgan fingerprint density at radius 1 is 0.511 bits per heavy atom. The average molecular weight is 621 g/mol. The molecular weight excluding hydrogens is 597 g/mol. The minimum Gasteiger partial charge on any atom is -0.299 e. The van der Waals surface area contributed by atoms with Gasteiger partial charge in [-0.05, 0) is 42.0 Å². The van der Waals surface area contributed by atoms with Crippen LogP contribution in [0.15, 0.2) is 150 Å². The van der Waals surface area contributed by atoms with E-state index in [1.54, 1.807) is 11.3 Å². The molecular formula is C41H24N4OS. The lowest BCUT2D eigenvalue weighted by Crippen LogP contribution is -2.08. The van der Waals surface area contributed by atoms with Gasteiger partial charge in [-0.1, -0.05) is 109 Å². The highest BCUT2D eigenvalue weighted by atomic mass is 32.1. The van der Waals surface area contributed by atoms with Crippen LogP contribution in [0.5, 0.6) is 0 Å². The summed E-state index contributed by atoms with van der Waals surface area (Å²) < 4.78 is 5.58. The summed E-state index contributed by atoms with van der Waals surface area (Å²) in [6, 6.07) is 49.3. The zero-order chi connectivity index (χ0) is 31.1. The molecule has 0 spiro atoms. The molecule has 10 rings (SSSR count). The molecule has 5 nitrogen and oxygen atoms in total. The minimum atomic E-state index is 0.0510. The molecule has 0 aliphatic rings. The van der Waals surface area contributed by atoms with E-state index in [0.29, 0.717) is 11.3 Å². The van der Waals surface area contributed by atoms with E-state index >= 15 is 0 Å². The Balaban J connectivity index is 1.36. The molecule has 0 aliphatic carbocycles. The number of hydrogen-bond acceptors (Lipinski definition) is 4. The first-order chi connectivity index (χ1) is 23.3. The van der Waals surface area contributed by atoms with Crippen LogP contribution in [0.2, 0.25) is 0 Å². The molecule has 0 saturated heterocycles. The van der Waals surface area contributed by atoms with Gasteiger partial charge in [-0.2, -0.15) is 0 Å². The van der Waals surface area contributed by atoms with Crippen molar-refractivity contribution in [3.8, 4) is 28.3 Å². The van der Waals surface area contributed by atoms with Gasteiger partial charge in [0.2, 0.25) is 5.95 Å². The molecule has 6 aromatic carbocycles. The lowest BCUT2D eigenvalue weighted by molar-refractivity contribution is 1.01. The van der Waals surface area contributed by atoms with E-state index in [1.807, 2.05) is 84.9 Å². The number of pyridine rings is 1. The Morgan fingerprint density at radius 2 is 1.13 bits per heavy atom. The Labute approximate surface area is 272 Å². The summed E-state index contributed by atoms with van der Waals surface area (Å²) in [6.07, 6.45) is 0. The first-order valence-corrected chi connectivity index (χ1v) is 16.4. The van der Waals surface area contributed by atoms with Crippen LogP contribution >= 0.6 is 11.3 Å². The van der Waals surface area contributed by atoms with Crippen molar-refractivity contribution in [1.29, 1.82) is 0 Å². The predicted octanol–water partition coefficient (Wildman–Crippen LogP) is 10.0. The highest BCUT2D eigenvalue weighted by molar-refractivity contribution is 7.25. The van der Waals surface area contributed by atoms with Gasteiger partial charge < -0.3 is 0 Å². The maximum atomic E-state index is 14.1.